The third-order valence-electron chi connectivity index (χ3n) is 3.23. The summed E-state index contributed by atoms with van der Waals surface area (Å²) in [4.78, 5) is 34.3. The van der Waals surface area contributed by atoms with E-state index in [-0.39, 0.29) is 24.9 Å². The van der Waals surface area contributed by atoms with Gasteiger partial charge in [0.15, 0.2) is 0 Å². The number of amides is 2. The summed E-state index contributed by atoms with van der Waals surface area (Å²) in [6.07, 6.45) is 0. The Morgan fingerprint density at radius 2 is 1.79 bits per heavy atom. The number of carbonyl (C=O) groups is 2. The smallest absolute Gasteiger partial charge is 0.251 e. The van der Waals surface area contributed by atoms with E-state index in [1.807, 2.05) is 38.1 Å². The third-order valence-corrected chi connectivity index (χ3v) is 3.23. The monoisotopic (exact) mass is 327 g/mol. The summed E-state index contributed by atoms with van der Waals surface area (Å²) in [6, 6.07) is 10.6. The number of rotatable bonds is 6. The molecule has 0 aliphatic rings. The summed E-state index contributed by atoms with van der Waals surface area (Å²) < 4.78 is 0. The Kier molecular flexibility index (Phi) is 5.83. The van der Waals surface area contributed by atoms with Crippen molar-refractivity contribution in [2.24, 2.45) is 0 Å². The van der Waals surface area contributed by atoms with Crippen molar-refractivity contribution in [2.45, 2.75) is 13.5 Å². The quantitative estimate of drug-likeness (QED) is 0.823. The highest BCUT2D eigenvalue weighted by Crippen LogP contribution is 2.08. The minimum absolute atomic E-state index is 0.0971. The molecule has 0 spiro atoms. The van der Waals surface area contributed by atoms with E-state index in [1.165, 1.54) is 0 Å². The van der Waals surface area contributed by atoms with Gasteiger partial charge in [0, 0.05) is 31.4 Å². The van der Waals surface area contributed by atoms with Crippen molar-refractivity contribution in [3.63, 3.8) is 0 Å². The van der Waals surface area contributed by atoms with Crippen LogP contribution in [-0.4, -0.2) is 42.4 Å². The summed E-state index contributed by atoms with van der Waals surface area (Å²) in [5.41, 5.74) is 1.35. The van der Waals surface area contributed by atoms with E-state index >= 15 is 0 Å². The molecule has 0 unspecified atom stereocenters. The fourth-order valence-corrected chi connectivity index (χ4v) is 2.01. The highest BCUT2D eigenvalue weighted by Gasteiger charge is 2.09. The predicted octanol–water partition coefficient (Wildman–Crippen LogP) is 0.897. The minimum atomic E-state index is -0.296. The molecule has 0 saturated heterocycles. The highest BCUT2D eigenvalue weighted by molar-refractivity contribution is 5.96. The van der Waals surface area contributed by atoms with Crippen LogP contribution in [0.25, 0.3) is 0 Å². The van der Waals surface area contributed by atoms with Gasteiger partial charge in [0.2, 0.25) is 5.91 Å². The van der Waals surface area contributed by atoms with Gasteiger partial charge in [-0.3, -0.25) is 9.59 Å². The van der Waals surface area contributed by atoms with E-state index < -0.39 is 0 Å². The predicted molar refractivity (Wildman–Crippen MR) is 91.7 cm³/mol. The van der Waals surface area contributed by atoms with Crippen LogP contribution in [0.2, 0.25) is 0 Å². The Morgan fingerprint density at radius 1 is 1.08 bits per heavy atom. The Labute approximate surface area is 141 Å². The molecule has 2 aromatic rings. The first-order chi connectivity index (χ1) is 11.5. The molecule has 2 amide bonds. The number of anilines is 1. The maximum atomic E-state index is 11.9. The zero-order valence-electron chi connectivity index (χ0n) is 14.0. The average Bonchev–Trinajstić information content (AvgIpc) is 2.58. The van der Waals surface area contributed by atoms with Crippen molar-refractivity contribution in [1.82, 2.24) is 20.6 Å². The molecule has 24 heavy (non-hydrogen) atoms. The van der Waals surface area contributed by atoms with Crippen LogP contribution in [0.3, 0.4) is 0 Å². The lowest BCUT2D eigenvalue weighted by Gasteiger charge is -2.13. The Balaban J connectivity index is 1.84. The summed E-state index contributed by atoms with van der Waals surface area (Å²) in [7, 11) is 3.78. The van der Waals surface area contributed by atoms with Crippen molar-refractivity contribution in [3.05, 3.63) is 53.5 Å². The second-order valence-electron chi connectivity index (χ2n) is 5.50. The number of hydrogen-bond acceptors (Lipinski definition) is 5. The molecule has 0 saturated carbocycles. The lowest BCUT2D eigenvalue weighted by Crippen LogP contribution is -2.37. The van der Waals surface area contributed by atoms with Crippen molar-refractivity contribution >= 4 is 17.6 Å². The van der Waals surface area contributed by atoms with Gasteiger partial charge in [0.25, 0.3) is 5.91 Å². The van der Waals surface area contributed by atoms with Crippen LogP contribution >= 0.6 is 0 Å². The first kappa shape index (κ1) is 17.4. The van der Waals surface area contributed by atoms with Crippen molar-refractivity contribution in [1.29, 1.82) is 0 Å². The van der Waals surface area contributed by atoms with Gasteiger partial charge < -0.3 is 15.5 Å². The molecule has 7 heteroatoms. The molecule has 0 bridgehead atoms. The Bertz CT molecular complexity index is 716. The van der Waals surface area contributed by atoms with E-state index in [1.54, 1.807) is 24.3 Å². The summed E-state index contributed by atoms with van der Waals surface area (Å²) in [6.45, 7) is 1.99. The van der Waals surface area contributed by atoms with Crippen molar-refractivity contribution in [3.8, 4) is 0 Å². The number of aryl methyl sites for hydroxylation is 1. The molecule has 0 aliphatic carbocycles. The average molecular weight is 327 g/mol. The zero-order valence-corrected chi connectivity index (χ0v) is 14.0. The lowest BCUT2D eigenvalue weighted by molar-refractivity contribution is -0.120. The first-order valence-corrected chi connectivity index (χ1v) is 7.57. The van der Waals surface area contributed by atoms with Gasteiger partial charge in [-0.1, -0.05) is 18.2 Å². The van der Waals surface area contributed by atoms with E-state index in [0.29, 0.717) is 11.4 Å². The molecule has 0 atom stereocenters. The SMILES string of the molecule is Cc1cc(N(C)C)nc(CNC(=O)CNC(=O)c2ccccc2)n1. The molecule has 0 aliphatic heterocycles. The van der Waals surface area contributed by atoms with E-state index in [9.17, 15) is 9.59 Å². The van der Waals surface area contributed by atoms with Crippen LogP contribution < -0.4 is 15.5 Å². The van der Waals surface area contributed by atoms with Crippen LogP contribution in [0.4, 0.5) is 5.82 Å². The summed E-state index contributed by atoms with van der Waals surface area (Å²) in [5.74, 6) is 0.730. The van der Waals surface area contributed by atoms with Crippen LogP contribution in [0.15, 0.2) is 36.4 Å². The molecule has 0 fully saturated rings. The molecule has 2 N–H and O–H groups in total. The second-order valence-corrected chi connectivity index (χ2v) is 5.50. The van der Waals surface area contributed by atoms with Crippen molar-refractivity contribution in [2.75, 3.05) is 25.5 Å². The Morgan fingerprint density at radius 3 is 2.46 bits per heavy atom. The van der Waals surface area contributed by atoms with Gasteiger partial charge >= 0.3 is 0 Å². The van der Waals surface area contributed by atoms with Gasteiger partial charge in [0.1, 0.15) is 11.6 Å². The van der Waals surface area contributed by atoms with Crippen LogP contribution in [0.1, 0.15) is 21.9 Å². The largest absolute Gasteiger partial charge is 0.363 e. The second kappa shape index (κ2) is 8.05. The topological polar surface area (TPSA) is 87.2 Å². The fourth-order valence-electron chi connectivity index (χ4n) is 2.01. The normalized spacial score (nSPS) is 10.1. The molecular weight excluding hydrogens is 306 g/mol. The van der Waals surface area contributed by atoms with Crippen molar-refractivity contribution < 1.29 is 9.59 Å². The van der Waals surface area contributed by atoms with Gasteiger partial charge in [0.05, 0.1) is 13.1 Å². The molecule has 1 heterocycles. The molecule has 1 aromatic heterocycles. The fraction of sp³-hybridized carbons (Fsp3) is 0.294. The number of nitrogens with zero attached hydrogens (tertiary/aromatic N) is 3. The molecular formula is C17H21N5O2. The molecule has 0 radical (unpaired) electrons. The molecule has 1 aromatic carbocycles. The third kappa shape index (κ3) is 5.05. The number of aromatic nitrogens is 2. The molecule has 2 rings (SSSR count). The van der Waals surface area contributed by atoms with Gasteiger partial charge in [-0.05, 0) is 19.1 Å². The first-order valence-electron chi connectivity index (χ1n) is 7.57. The maximum Gasteiger partial charge on any atom is 0.251 e. The standard InChI is InChI=1S/C17H21N5O2/c1-12-9-15(22(2)3)21-14(20-12)10-18-16(23)11-19-17(24)13-7-5-4-6-8-13/h4-9H,10-11H2,1-3H3,(H,18,23)(H,19,24). The zero-order chi connectivity index (χ0) is 17.5. The number of nitrogens with one attached hydrogen (secondary N) is 2. The van der Waals surface area contributed by atoms with E-state index in [0.717, 1.165) is 11.5 Å². The van der Waals surface area contributed by atoms with Crippen LogP contribution in [0, 0.1) is 6.92 Å². The summed E-state index contributed by atoms with van der Waals surface area (Å²) >= 11 is 0. The summed E-state index contributed by atoms with van der Waals surface area (Å²) in [5, 5.41) is 5.28. The Hall–Kier alpha value is -2.96. The van der Waals surface area contributed by atoms with E-state index in [4.69, 9.17) is 0 Å². The number of carbonyl (C=O) groups excluding carboxylic acids is 2. The van der Waals surface area contributed by atoms with Gasteiger partial charge in [-0.15, -0.1) is 0 Å². The van der Waals surface area contributed by atoms with Gasteiger partial charge in [-0.2, -0.15) is 0 Å². The highest BCUT2D eigenvalue weighted by atomic mass is 16.2. The van der Waals surface area contributed by atoms with Crippen LogP contribution in [0.5, 0.6) is 0 Å². The minimum Gasteiger partial charge on any atom is -0.363 e. The van der Waals surface area contributed by atoms with E-state index in [2.05, 4.69) is 20.6 Å². The maximum absolute atomic E-state index is 11.9. The molecule has 7 nitrogen and oxygen atoms in total. The van der Waals surface area contributed by atoms with Gasteiger partial charge in [-0.25, -0.2) is 9.97 Å². The molecule has 126 valence electrons. The lowest BCUT2D eigenvalue weighted by atomic mass is 10.2. The number of hydrogen-bond donors (Lipinski definition) is 2. The number of benzene rings is 1. The van der Waals surface area contributed by atoms with Crippen LogP contribution in [-0.2, 0) is 11.3 Å².